The number of halogens is 1. The maximum absolute atomic E-state index is 10.6. The van der Waals surface area contributed by atoms with Crippen LogP contribution in [0.4, 0.5) is 11.5 Å². The molecule has 0 unspecified atom stereocenters. The molecule has 6 heteroatoms. The second-order valence-corrected chi connectivity index (χ2v) is 3.65. The van der Waals surface area contributed by atoms with E-state index in [0.717, 1.165) is 0 Å². The van der Waals surface area contributed by atoms with Crippen LogP contribution < -0.4 is 5.32 Å². The van der Waals surface area contributed by atoms with Crippen LogP contribution in [0.5, 0.6) is 0 Å². The average molecular weight is 272 g/mol. The van der Waals surface area contributed by atoms with Crippen LogP contribution in [-0.2, 0) is 0 Å². The van der Waals surface area contributed by atoms with Crippen molar-refractivity contribution in [2.75, 3.05) is 11.9 Å². The summed E-state index contributed by atoms with van der Waals surface area (Å²) in [5.41, 5.74) is 0.563. The number of anilines is 1. The van der Waals surface area contributed by atoms with Crippen molar-refractivity contribution in [2.24, 2.45) is 0 Å². The van der Waals surface area contributed by atoms with Crippen LogP contribution in [0.25, 0.3) is 0 Å². The van der Waals surface area contributed by atoms with Crippen molar-refractivity contribution >= 4 is 27.4 Å². The molecule has 0 amide bonds. The van der Waals surface area contributed by atoms with Gasteiger partial charge in [-0.25, -0.2) is 4.98 Å². The topological polar surface area (TPSA) is 68.1 Å². The fourth-order valence-electron chi connectivity index (χ4n) is 1.05. The Labute approximate surface area is 95.5 Å². The zero-order chi connectivity index (χ0) is 11.4. The SMILES string of the molecule is C=CCNc1ncc([N+](=O)[O-])c(C)c1Br. The Kier molecular flexibility index (Phi) is 3.79. The molecule has 80 valence electrons. The Hall–Kier alpha value is -1.43. The molecule has 5 nitrogen and oxygen atoms in total. The molecule has 0 aliphatic heterocycles. The predicted octanol–water partition coefficient (Wildman–Crippen LogP) is 2.66. The lowest BCUT2D eigenvalue weighted by atomic mass is 10.2. The molecule has 0 atom stereocenters. The van der Waals surface area contributed by atoms with Crippen molar-refractivity contribution in [1.29, 1.82) is 0 Å². The lowest BCUT2D eigenvalue weighted by molar-refractivity contribution is -0.385. The van der Waals surface area contributed by atoms with Crippen LogP contribution in [0, 0.1) is 17.0 Å². The third-order valence-electron chi connectivity index (χ3n) is 1.85. The lowest BCUT2D eigenvalue weighted by Crippen LogP contribution is -2.03. The van der Waals surface area contributed by atoms with Crippen molar-refractivity contribution in [2.45, 2.75) is 6.92 Å². The third-order valence-corrected chi connectivity index (χ3v) is 2.82. The molecule has 0 spiro atoms. The van der Waals surface area contributed by atoms with E-state index in [1.54, 1.807) is 13.0 Å². The Bertz CT molecular complexity index is 407. The van der Waals surface area contributed by atoms with Crippen molar-refractivity contribution in [1.82, 2.24) is 4.98 Å². The van der Waals surface area contributed by atoms with Crippen molar-refractivity contribution < 1.29 is 4.92 Å². The maximum atomic E-state index is 10.6. The second-order valence-electron chi connectivity index (χ2n) is 2.86. The van der Waals surface area contributed by atoms with E-state index >= 15 is 0 Å². The maximum Gasteiger partial charge on any atom is 0.291 e. The van der Waals surface area contributed by atoms with Gasteiger partial charge < -0.3 is 5.32 Å². The first-order chi connectivity index (χ1) is 7.07. The molecule has 0 aliphatic rings. The monoisotopic (exact) mass is 271 g/mol. The molecular weight excluding hydrogens is 262 g/mol. The van der Waals surface area contributed by atoms with Crippen LogP contribution in [0.3, 0.4) is 0 Å². The van der Waals surface area contributed by atoms with E-state index in [9.17, 15) is 10.1 Å². The molecule has 0 saturated carbocycles. The van der Waals surface area contributed by atoms with Gasteiger partial charge in [-0.2, -0.15) is 0 Å². The molecule has 0 fully saturated rings. The first-order valence-electron chi connectivity index (χ1n) is 4.22. The number of pyridine rings is 1. The number of nitrogens with zero attached hydrogens (tertiary/aromatic N) is 2. The predicted molar refractivity (Wildman–Crippen MR) is 62.0 cm³/mol. The van der Waals surface area contributed by atoms with Gasteiger partial charge >= 0.3 is 0 Å². The number of aromatic nitrogens is 1. The van der Waals surface area contributed by atoms with Crippen LogP contribution >= 0.6 is 15.9 Å². The fraction of sp³-hybridized carbons (Fsp3) is 0.222. The molecule has 1 rings (SSSR count). The molecule has 15 heavy (non-hydrogen) atoms. The van der Waals surface area contributed by atoms with E-state index < -0.39 is 4.92 Å². The number of hydrogen-bond donors (Lipinski definition) is 1. The minimum atomic E-state index is -0.454. The van der Waals surface area contributed by atoms with E-state index in [1.807, 2.05) is 0 Å². The van der Waals surface area contributed by atoms with Crippen molar-refractivity contribution in [3.63, 3.8) is 0 Å². The Balaban J connectivity index is 3.09. The third kappa shape index (κ3) is 2.53. The van der Waals surface area contributed by atoms with Crippen LogP contribution in [0.1, 0.15) is 5.56 Å². The number of nitrogens with one attached hydrogen (secondary N) is 1. The van der Waals surface area contributed by atoms with Gasteiger partial charge in [-0.15, -0.1) is 6.58 Å². The summed E-state index contributed by atoms with van der Waals surface area (Å²) in [6.45, 7) is 5.79. The van der Waals surface area contributed by atoms with Gasteiger partial charge in [-0.3, -0.25) is 10.1 Å². The van der Waals surface area contributed by atoms with Gasteiger partial charge in [-0.1, -0.05) is 6.08 Å². The minimum absolute atomic E-state index is 0.00558. The molecule has 0 aliphatic carbocycles. The summed E-state index contributed by atoms with van der Waals surface area (Å²) >= 11 is 3.27. The highest BCUT2D eigenvalue weighted by Crippen LogP contribution is 2.30. The Morgan fingerprint density at radius 1 is 1.80 bits per heavy atom. The summed E-state index contributed by atoms with van der Waals surface area (Å²) in [6, 6.07) is 0. The Morgan fingerprint density at radius 3 is 3.00 bits per heavy atom. The van der Waals surface area contributed by atoms with Crippen LogP contribution in [-0.4, -0.2) is 16.5 Å². The standard InChI is InChI=1S/C9H10BrN3O2/c1-3-4-11-9-8(10)6(2)7(5-12-9)13(14)15/h3,5H,1,4H2,2H3,(H,11,12). The van der Waals surface area contributed by atoms with Gasteiger partial charge in [0, 0.05) is 12.1 Å². The quantitative estimate of drug-likeness (QED) is 0.519. The van der Waals surface area contributed by atoms with Gasteiger partial charge in [-0.05, 0) is 22.9 Å². The molecule has 1 aromatic heterocycles. The lowest BCUT2D eigenvalue weighted by Gasteiger charge is -2.07. The highest BCUT2D eigenvalue weighted by molar-refractivity contribution is 9.10. The average Bonchev–Trinajstić information content (AvgIpc) is 2.20. The number of nitro groups is 1. The van der Waals surface area contributed by atoms with Crippen LogP contribution in [0.15, 0.2) is 23.3 Å². The van der Waals surface area contributed by atoms with E-state index in [0.29, 0.717) is 22.4 Å². The highest BCUT2D eigenvalue weighted by Gasteiger charge is 2.16. The largest absolute Gasteiger partial charge is 0.366 e. The normalized spacial score (nSPS) is 9.73. The van der Waals surface area contributed by atoms with Crippen molar-refractivity contribution in [3.8, 4) is 0 Å². The second kappa shape index (κ2) is 4.88. The van der Waals surface area contributed by atoms with E-state index in [1.165, 1.54) is 6.20 Å². The molecule has 0 radical (unpaired) electrons. The molecule has 0 bridgehead atoms. The van der Waals surface area contributed by atoms with E-state index in [2.05, 4.69) is 32.8 Å². The Morgan fingerprint density at radius 2 is 2.47 bits per heavy atom. The first-order valence-corrected chi connectivity index (χ1v) is 5.01. The molecule has 1 aromatic rings. The molecule has 1 heterocycles. The zero-order valence-electron chi connectivity index (χ0n) is 8.16. The summed E-state index contributed by atoms with van der Waals surface area (Å²) in [7, 11) is 0. The summed E-state index contributed by atoms with van der Waals surface area (Å²) < 4.78 is 0.610. The van der Waals surface area contributed by atoms with Crippen LogP contribution in [0.2, 0.25) is 0 Å². The number of rotatable bonds is 4. The smallest absolute Gasteiger partial charge is 0.291 e. The molecular formula is C9H10BrN3O2. The molecule has 0 aromatic carbocycles. The molecule has 0 saturated heterocycles. The summed E-state index contributed by atoms with van der Waals surface area (Å²) in [5, 5.41) is 13.6. The number of hydrogen-bond acceptors (Lipinski definition) is 4. The van der Waals surface area contributed by atoms with E-state index in [-0.39, 0.29) is 5.69 Å². The van der Waals surface area contributed by atoms with Gasteiger partial charge in [0.2, 0.25) is 0 Å². The van der Waals surface area contributed by atoms with Gasteiger partial charge in [0.25, 0.3) is 5.69 Å². The summed E-state index contributed by atoms with van der Waals surface area (Å²) in [5.74, 6) is 0.581. The highest BCUT2D eigenvalue weighted by atomic mass is 79.9. The molecule has 1 N–H and O–H groups in total. The first kappa shape index (κ1) is 11.6. The summed E-state index contributed by atoms with van der Waals surface area (Å²) in [4.78, 5) is 14.1. The van der Waals surface area contributed by atoms with Gasteiger partial charge in [0.15, 0.2) is 0 Å². The van der Waals surface area contributed by atoms with Gasteiger partial charge in [0.05, 0.1) is 9.40 Å². The van der Waals surface area contributed by atoms with E-state index in [4.69, 9.17) is 0 Å². The zero-order valence-corrected chi connectivity index (χ0v) is 9.74. The van der Waals surface area contributed by atoms with Gasteiger partial charge in [0.1, 0.15) is 12.0 Å². The minimum Gasteiger partial charge on any atom is -0.366 e. The fourth-order valence-corrected chi connectivity index (χ4v) is 1.49. The van der Waals surface area contributed by atoms with Crippen molar-refractivity contribution in [3.05, 3.63) is 39.0 Å². The summed E-state index contributed by atoms with van der Waals surface area (Å²) in [6.07, 6.45) is 2.93.